The molecule has 0 spiro atoms. The normalized spacial score (nSPS) is 41.2. The van der Waals surface area contributed by atoms with E-state index in [1.54, 1.807) is 44.9 Å². The second-order valence-electron chi connectivity index (χ2n) is 13.1. The SMILES string of the molecule is CC.CC.CC.CC(C)CCCC(C)C1CCC2C3CCC4CC(C)CCC4(C)C3CCC12C. The molecule has 9 unspecified atom stereocenters. The Bertz CT molecular complexity index is 534. The predicted octanol–water partition coefficient (Wildman–Crippen LogP) is 11.8. The summed E-state index contributed by atoms with van der Waals surface area (Å²) >= 11 is 0. The van der Waals surface area contributed by atoms with E-state index in [0.717, 1.165) is 47.3 Å². The molecule has 0 aromatic carbocycles. The molecule has 4 aliphatic rings. The van der Waals surface area contributed by atoms with E-state index in [1.807, 2.05) is 41.5 Å². The van der Waals surface area contributed by atoms with E-state index < -0.39 is 0 Å². The molecule has 9 atom stereocenters. The average molecular weight is 477 g/mol. The van der Waals surface area contributed by atoms with Crippen LogP contribution in [0.4, 0.5) is 0 Å². The molecule has 0 aromatic heterocycles. The van der Waals surface area contributed by atoms with Crippen LogP contribution in [-0.4, -0.2) is 0 Å². The Morgan fingerprint density at radius 1 is 0.676 bits per heavy atom. The van der Waals surface area contributed by atoms with E-state index in [4.69, 9.17) is 0 Å². The largest absolute Gasteiger partial charge is 0.0683 e. The first-order valence-electron chi connectivity index (χ1n) is 16.3. The summed E-state index contributed by atoms with van der Waals surface area (Å²) in [6, 6.07) is 0. The average Bonchev–Trinajstić information content (AvgIpc) is 3.20. The van der Waals surface area contributed by atoms with Gasteiger partial charge in [-0.25, -0.2) is 0 Å². The van der Waals surface area contributed by atoms with Gasteiger partial charge in [-0.2, -0.15) is 0 Å². The Labute approximate surface area is 218 Å². The van der Waals surface area contributed by atoms with Gasteiger partial charge in [-0.3, -0.25) is 0 Å². The van der Waals surface area contributed by atoms with Crippen molar-refractivity contribution in [3.05, 3.63) is 0 Å². The fourth-order valence-electron chi connectivity index (χ4n) is 9.50. The molecule has 0 amide bonds. The molecule has 4 rings (SSSR count). The summed E-state index contributed by atoms with van der Waals surface area (Å²) in [5, 5.41) is 0. The van der Waals surface area contributed by atoms with Crippen LogP contribution in [0.1, 0.15) is 160 Å². The van der Waals surface area contributed by atoms with Gasteiger partial charge in [0.15, 0.2) is 0 Å². The number of hydrogen-bond donors (Lipinski definition) is 0. The summed E-state index contributed by atoms with van der Waals surface area (Å²) in [6.07, 6.45) is 18.3. The van der Waals surface area contributed by atoms with Crippen LogP contribution in [0.2, 0.25) is 0 Å². The highest BCUT2D eigenvalue weighted by molar-refractivity contribution is 5.09. The molecule has 0 aromatic rings. The van der Waals surface area contributed by atoms with E-state index in [2.05, 4.69) is 41.5 Å². The van der Waals surface area contributed by atoms with Crippen molar-refractivity contribution in [3.63, 3.8) is 0 Å². The fraction of sp³-hybridized carbons (Fsp3) is 1.00. The van der Waals surface area contributed by atoms with Gasteiger partial charge in [0.25, 0.3) is 0 Å². The summed E-state index contributed by atoms with van der Waals surface area (Å²) in [7, 11) is 0. The van der Waals surface area contributed by atoms with Gasteiger partial charge in [0.2, 0.25) is 0 Å². The second kappa shape index (κ2) is 14.7. The smallest absolute Gasteiger partial charge is 0.0264 e. The molecule has 0 saturated heterocycles. The van der Waals surface area contributed by atoms with Gasteiger partial charge in [-0.15, -0.1) is 0 Å². The Morgan fingerprint density at radius 2 is 1.26 bits per heavy atom. The van der Waals surface area contributed by atoms with E-state index in [-0.39, 0.29) is 0 Å². The summed E-state index contributed by atoms with van der Waals surface area (Å²) in [6.45, 7) is 27.4. The Morgan fingerprint density at radius 3 is 1.88 bits per heavy atom. The zero-order valence-corrected chi connectivity index (χ0v) is 26.1. The van der Waals surface area contributed by atoms with Crippen LogP contribution in [0, 0.1) is 58.2 Å². The first-order valence-corrected chi connectivity index (χ1v) is 16.3. The topological polar surface area (TPSA) is 0 Å². The van der Waals surface area contributed by atoms with Gasteiger partial charge in [-0.05, 0) is 110 Å². The van der Waals surface area contributed by atoms with Crippen molar-refractivity contribution in [1.29, 1.82) is 0 Å². The zero-order chi connectivity index (χ0) is 26.1. The fourth-order valence-corrected chi connectivity index (χ4v) is 9.50. The first kappa shape index (κ1) is 32.0. The third-order valence-corrected chi connectivity index (χ3v) is 11.1. The lowest BCUT2D eigenvalue weighted by Crippen LogP contribution is -2.53. The minimum Gasteiger partial charge on any atom is -0.0683 e. The Balaban J connectivity index is 0.000000894. The quantitative estimate of drug-likeness (QED) is 0.370. The molecule has 0 radical (unpaired) electrons. The molecule has 204 valence electrons. The second-order valence-corrected chi connectivity index (χ2v) is 13.1. The minimum atomic E-state index is 0.670. The lowest BCUT2D eigenvalue weighted by atomic mass is 9.44. The number of fused-ring (bicyclic) bond motifs is 5. The number of hydrogen-bond acceptors (Lipinski definition) is 0. The summed E-state index contributed by atoms with van der Waals surface area (Å²) < 4.78 is 0. The van der Waals surface area contributed by atoms with Crippen molar-refractivity contribution >= 4 is 0 Å². The summed E-state index contributed by atoms with van der Waals surface area (Å²) in [4.78, 5) is 0. The molecule has 0 heteroatoms. The Hall–Kier alpha value is 0. The maximum absolute atomic E-state index is 2.75. The van der Waals surface area contributed by atoms with Gasteiger partial charge in [0.1, 0.15) is 0 Å². The first-order chi connectivity index (χ1) is 16.3. The van der Waals surface area contributed by atoms with Gasteiger partial charge in [0, 0.05) is 0 Å². The minimum absolute atomic E-state index is 0.670. The molecular formula is C34H68. The lowest BCUT2D eigenvalue weighted by Gasteiger charge is -2.61. The van der Waals surface area contributed by atoms with Gasteiger partial charge >= 0.3 is 0 Å². The molecule has 0 heterocycles. The van der Waals surface area contributed by atoms with Crippen molar-refractivity contribution < 1.29 is 0 Å². The molecule has 4 aliphatic carbocycles. The molecule has 34 heavy (non-hydrogen) atoms. The summed E-state index contributed by atoms with van der Waals surface area (Å²) in [5.41, 5.74) is 1.36. The summed E-state index contributed by atoms with van der Waals surface area (Å²) in [5.74, 6) is 8.08. The predicted molar refractivity (Wildman–Crippen MR) is 156 cm³/mol. The molecule has 0 N–H and O–H groups in total. The number of rotatable bonds is 5. The van der Waals surface area contributed by atoms with Crippen LogP contribution < -0.4 is 0 Å². The van der Waals surface area contributed by atoms with Crippen LogP contribution in [0.5, 0.6) is 0 Å². The highest BCUT2D eigenvalue weighted by Crippen LogP contribution is 2.68. The van der Waals surface area contributed by atoms with E-state index in [1.165, 1.54) is 32.1 Å². The standard InChI is InChI=1S/C28H50.3C2H6/c1-19(2)8-7-9-21(4)24-12-13-25-23-11-10-22-18-20(3)14-16-27(22,5)26(23)15-17-28(24,25)6;3*1-2/h19-26H,7-18H2,1-6H3;3*1-2H3. The highest BCUT2D eigenvalue weighted by atomic mass is 14.6. The maximum Gasteiger partial charge on any atom is -0.0264 e. The molecule has 4 saturated carbocycles. The lowest BCUT2D eigenvalue weighted by molar-refractivity contribution is -0.120. The van der Waals surface area contributed by atoms with Crippen LogP contribution in [-0.2, 0) is 0 Å². The van der Waals surface area contributed by atoms with E-state index in [9.17, 15) is 0 Å². The zero-order valence-electron chi connectivity index (χ0n) is 26.1. The molecule has 4 fully saturated rings. The van der Waals surface area contributed by atoms with Crippen molar-refractivity contribution in [3.8, 4) is 0 Å². The monoisotopic (exact) mass is 477 g/mol. The molecule has 0 nitrogen and oxygen atoms in total. The van der Waals surface area contributed by atoms with Crippen LogP contribution in [0.3, 0.4) is 0 Å². The Kier molecular flexibility index (Phi) is 13.8. The highest BCUT2D eigenvalue weighted by Gasteiger charge is 2.60. The van der Waals surface area contributed by atoms with Gasteiger partial charge < -0.3 is 0 Å². The third-order valence-electron chi connectivity index (χ3n) is 11.1. The van der Waals surface area contributed by atoms with E-state index >= 15 is 0 Å². The molecular weight excluding hydrogens is 408 g/mol. The van der Waals surface area contributed by atoms with Crippen molar-refractivity contribution in [1.82, 2.24) is 0 Å². The molecule has 0 bridgehead atoms. The van der Waals surface area contributed by atoms with Crippen LogP contribution in [0.25, 0.3) is 0 Å². The van der Waals surface area contributed by atoms with Gasteiger partial charge in [0.05, 0.1) is 0 Å². The third kappa shape index (κ3) is 6.65. The molecule has 0 aliphatic heterocycles. The van der Waals surface area contributed by atoms with Crippen molar-refractivity contribution in [2.24, 2.45) is 58.2 Å². The van der Waals surface area contributed by atoms with Crippen molar-refractivity contribution in [2.45, 2.75) is 160 Å². The maximum atomic E-state index is 2.75. The van der Waals surface area contributed by atoms with Crippen LogP contribution in [0.15, 0.2) is 0 Å². The van der Waals surface area contributed by atoms with Crippen LogP contribution >= 0.6 is 0 Å². The van der Waals surface area contributed by atoms with Crippen molar-refractivity contribution in [2.75, 3.05) is 0 Å². The van der Waals surface area contributed by atoms with Gasteiger partial charge in [-0.1, -0.05) is 109 Å². The van der Waals surface area contributed by atoms with E-state index in [0.29, 0.717) is 10.8 Å².